The van der Waals surface area contributed by atoms with Crippen molar-refractivity contribution in [3.63, 3.8) is 0 Å². The van der Waals surface area contributed by atoms with Crippen molar-refractivity contribution in [2.75, 3.05) is 11.9 Å². The molecule has 2 rings (SSSR count). The van der Waals surface area contributed by atoms with Crippen LogP contribution in [0, 0.1) is 3.57 Å². The molecule has 0 aliphatic heterocycles. The van der Waals surface area contributed by atoms with Crippen LogP contribution < -0.4 is 5.32 Å². The highest BCUT2D eigenvalue weighted by molar-refractivity contribution is 14.1. The van der Waals surface area contributed by atoms with Gasteiger partial charge in [-0.2, -0.15) is 0 Å². The van der Waals surface area contributed by atoms with Gasteiger partial charge in [0, 0.05) is 15.5 Å². The van der Waals surface area contributed by atoms with Crippen LogP contribution in [0.2, 0.25) is 5.15 Å². The van der Waals surface area contributed by atoms with E-state index in [9.17, 15) is 9.59 Å². The third-order valence-corrected chi connectivity index (χ3v) is 3.46. The zero-order valence-corrected chi connectivity index (χ0v) is 13.6. The van der Waals surface area contributed by atoms with E-state index in [2.05, 4.69) is 32.9 Å². The van der Waals surface area contributed by atoms with Gasteiger partial charge in [-0.15, -0.1) is 0 Å². The molecule has 0 radical (unpaired) electrons. The van der Waals surface area contributed by atoms with Crippen LogP contribution in [-0.4, -0.2) is 23.5 Å². The highest BCUT2D eigenvalue weighted by atomic mass is 127. The van der Waals surface area contributed by atoms with Gasteiger partial charge in [0.2, 0.25) is 0 Å². The lowest BCUT2D eigenvalue weighted by molar-refractivity contribution is -0.119. The number of nitrogens with one attached hydrogen (secondary N) is 1. The van der Waals surface area contributed by atoms with E-state index in [-0.39, 0.29) is 10.7 Å². The molecule has 1 aromatic heterocycles. The Balaban J connectivity index is 1.88. The number of anilines is 1. The lowest BCUT2D eigenvalue weighted by Crippen LogP contribution is -2.21. The molecule has 0 spiro atoms. The van der Waals surface area contributed by atoms with Crippen molar-refractivity contribution in [1.82, 2.24) is 4.98 Å². The molecule has 5 nitrogen and oxygen atoms in total. The second-order valence-corrected chi connectivity index (χ2v) is 5.58. The number of carbonyl (C=O) groups excluding carboxylic acids is 2. The average molecular weight is 417 g/mol. The maximum absolute atomic E-state index is 11.7. The first kappa shape index (κ1) is 15.7. The van der Waals surface area contributed by atoms with Crippen LogP contribution >= 0.6 is 34.2 Å². The minimum Gasteiger partial charge on any atom is -0.452 e. The molecule has 0 aliphatic carbocycles. The Bertz CT molecular complexity index is 662. The van der Waals surface area contributed by atoms with E-state index in [4.69, 9.17) is 16.3 Å². The first-order valence-corrected chi connectivity index (χ1v) is 7.35. The molecule has 1 amide bonds. The van der Waals surface area contributed by atoms with E-state index >= 15 is 0 Å². The number of esters is 1. The predicted octanol–water partition coefficient (Wildman–Crippen LogP) is 3.14. The van der Waals surface area contributed by atoms with Crippen LogP contribution in [0.1, 0.15) is 10.4 Å². The number of hydrogen-bond donors (Lipinski definition) is 1. The van der Waals surface area contributed by atoms with Crippen molar-refractivity contribution in [3.8, 4) is 0 Å². The van der Waals surface area contributed by atoms with Gasteiger partial charge in [0.25, 0.3) is 5.91 Å². The monoisotopic (exact) mass is 416 g/mol. The molecule has 21 heavy (non-hydrogen) atoms. The molecule has 1 N–H and O–H groups in total. The quantitative estimate of drug-likeness (QED) is 0.472. The van der Waals surface area contributed by atoms with Crippen LogP contribution in [0.25, 0.3) is 0 Å². The summed E-state index contributed by atoms with van der Waals surface area (Å²) in [5, 5.41) is 2.66. The Morgan fingerprint density at radius 1 is 1.24 bits per heavy atom. The van der Waals surface area contributed by atoms with Gasteiger partial charge < -0.3 is 10.1 Å². The molecule has 0 aliphatic rings. The maximum atomic E-state index is 11.7. The van der Waals surface area contributed by atoms with Crippen LogP contribution in [-0.2, 0) is 9.53 Å². The smallest absolute Gasteiger partial charge is 0.341 e. The fourth-order valence-corrected chi connectivity index (χ4v) is 2.03. The van der Waals surface area contributed by atoms with Crippen LogP contribution in [0.3, 0.4) is 0 Å². The Morgan fingerprint density at radius 2 is 1.95 bits per heavy atom. The SMILES string of the molecule is O=C(COC(=O)c1cccnc1Cl)Nc1ccc(I)cc1. The number of nitrogens with zero attached hydrogens (tertiary/aromatic N) is 1. The number of benzene rings is 1. The van der Waals surface area contributed by atoms with Crippen LogP contribution in [0.4, 0.5) is 5.69 Å². The van der Waals surface area contributed by atoms with E-state index in [1.165, 1.54) is 12.3 Å². The molecule has 1 heterocycles. The fourth-order valence-electron chi connectivity index (χ4n) is 1.48. The Labute approximate surface area is 139 Å². The molecule has 0 unspecified atom stereocenters. The Morgan fingerprint density at radius 3 is 2.62 bits per heavy atom. The van der Waals surface area contributed by atoms with Crippen molar-refractivity contribution < 1.29 is 14.3 Å². The molecule has 2 aromatic rings. The number of carbonyl (C=O) groups is 2. The van der Waals surface area contributed by atoms with E-state index in [0.29, 0.717) is 5.69 Å². The molecule has 108 valence electrons. The van der Waals surface area contributed by atoms with Gasteiger partial charge in [-0.05, 0) is 59.0 Å². The summed E-state index contributed by atoms with van der Waals surface area (Å²) in [7, 11) is 0. The number of ether oxygens (including phenoxy) is 1. The molecule has 0 saturated heterocycles. The normalized spacial score (nSPS) is 10.0. The third-order valence-electron chi connectivity index (χ3n) is 2.44. The standard InChI is InChI=1S/C14H10ClIN2O3/c15-13-11(2-1-7-17-13)14(20)21-8-12(19)18-10-5-3-9(16)4-6-10/h1-7H,8H2,(H,18,19). The van der Waals surface area contributed by atoms with E-state index in [0.717, 1.165) is 3.57 Å². The van der Waals surface area contributed by atoms with Crippen molar-refractivity contribution in [1.29, 1.82) is 0 Å². The van der Waals surface area contributed by atoms with Crippen molar-refractivity contribution in [2.24, 2.45) is 0 Å². The number of aromatic nitrogens is 1. The summed E-state index contributed by atoms with van der Waals surface area (Å²) >= 11 is 7.93. The van der Waals surface area contributed by atoms with Crippen molar-refractivity contribution in [3.05, 3.63) is 56.9 Å². The van der Waals surface area contributed by atoms with Crippen LogP contribution in [0.15, 0.2) is 42.6 Å². The Kier molecular flexibility index (Phi) is 5.51. The minimum absolute atomic E-state index is 0.0422. The summed E-state index contributed by atoms with van der Waals surface area (Å²) in [5.41, 5.74) is 0.761. The molecular weight excluding hydrogens is 407 g/mol. The van der Waals surface area contributed by atoms with Gasteiger partial charge in [-0.3, -0.25) is 4.79 Å². The van der Waals surface area contributed by atoms with Gasteiger partial charge in [-0.1, -0.05) is 11.6 Å². The number of rotatable bonds is 4. The predicted molar refractivity (Wildman–Crippen MR) is 87.3 cm³/mol. The van der Waals surface area contributed by atoms with E-state index in [1.54, 1.807) is 18.2 Å². The summed E-state index contributed by atoms with van der Waals surface area (Å²) in [6.45, 7) is -0.393. The highest BCUT2D eigenvalue weighted by Crippen LogP contribution is 2.13. The molecule has 0 bridgehead atoms. The second-order valence-electron chi connectivity index (χ2n) is 3.97. The van der Waals surface area contributed by atoms with Gasteiger partial charge in [0.1, 0.15) is 5.15 Å². The summed E-state index contributed by atoms with van der Waals surface area (Å²) in [5.74, 6) is -1.12. The van der Waals surface area contributed by atoms with Gasteiger partial charge in [0.15, 0.2) is 6.61 Å². The number of amides is 1. The van der Waals surface area contributed by atoms with Gasteiger partial charge >= 0.3 is 5.97 Å². The van der Waals surface area contributed by atoms with Gasteiger partial charge in [0.05, 0.1) is 5.56 Å². The Hall–Kier alpha value is -1.67. The molecule has 7 heteroatoms. The second kappa shape index (κ2) is 7.37. The summed E-state index contributed by atoms with van der Waals surface area (Å²) in [6, 6.07) is 10.3. The largest absolute Gasteiger partial charge is 0.452 e. The van der Waals surface area contributed by atoms with Crippen molar-refractivity contribution in [2.45, 2.75) is 0 Å². The highest BCUT2D eigenvalue weighted by Gasteiger charge is 2.14. The molecular formula is C14H10ClIN2O3. The summed E-state index contributed by atoms with van der Waals surface area (Å²) in [4.78, 5) is 27.2. The number of halogens is 2. The lowest BCUT2D eigenvalue weighted by atomic mass is 10.3. The van der Waals surface area contributed by atoms with Crippen molar-refractivity contribution >= 4 is 51.8 Å². The number of pyridine rings is 1. The summed E-state index contributed by atoms with van der Waals surface area (Å²) in [6.07, 6.45) is 1.46. The topological polar surface area (TPSA) is 68.3 Å². The first-order valence-electron chi connectivity index (χ1n) is 5.89. The first-order chi connectivity index (χ1) is 10.1. The average Bonchev–Trinajstić information content (AvgIpc) is 2.48. The zero-order valence-electron chi connectivity index (χ0n) is 10.7. The van der Waals surface area contributed by atoms with Crippen LogP contribution in [0.5, 0.6) is 0 Å². The molecule has 0 atom stereocenters. The summed E-state index contributed by atoms with van der Waals surface area (Å²) < 4.78 is 5.95. The third kappa shape index (κ3) is 4.68. The van der Waals surface area contributed by atoms with E-state index in [1.807, 2.05) is 12.1 Å². The number of hydrogen-bond acceptors (Lipinski definition) is 4. The zero-order chi connectivity index (χ0) is 15.2. The molecule has 1 aromatic carbocycles. The lowest BCUT2D eigenvalue weighted by Gasteiger charge is -2.07. The molecule has 0 fully saturated rings. The van der Waals surface area contributed by atoms with E-state index < -0.39 is 18.5 Å². The minimum atomic E-state index is -0.689. The van der Waals surface area contributed by atoms with Gasteiger partial charge in [-0.25, -0.2) is 9.78 Å². The fraction of sp³-hybridized carbons (Fsp3) is 0.0714. The molecule has 0 saturated carbocycles. The maximum Gasteiger partial charge on any atom is 0.341 e.